The molecule has 2 rings (SSSR count). The summed E-state index contributed by atoms with van der Waals surface area (Å²) in [5.74, 6) is -0.903. The van der Waals surface area contributed by atoms with Crippen molar-refractivity contribution >= 4 is 11.7 Å². The highest BCUT2D eigenvalue weighted by atomic mass is 16.4. The van der Waals surface area contributed by atoms with E-state index >= 15 is 0 Å². The lowest BCUT2D eigenvalue weighted by Crippen LogP contribution is -2.20. The zero-order valence-corrected chi connectivity index (χ0v) is 7.81. The molecule has 0 bridgehead atoms. The molecule has 0 spiro atoms. The van der Waals surface area contributed by atoms with Gasteiger partial charge in [-0.15, -0.1) is 0 Å². The molecule has 1 saturated heterocycles. The molecule has 4 heteroatoms. The first-order valence-electron chi connectivity index (χ1n) is 4.71. The molecule has 0 unspecified atom stereocenters. The van der Waals surface area contributed by atoms with Crippen LogP contribution in [0.3, 0.4) is 0 Å². The van der Waals surface area contributed by atoms with E-state index in [1.807, 2.05) is 0 Å². The lowest BCUT2D eigenvalue weighted by Gasteiger charge is -2.18. The van der Waals surface area contributed by atoms with E-state index in [9.17, 15) is 4.79 Å². The molecule has 2 heterocycles. The molecule has 0 atom stereocenters. The van der Waals surface area contributed by atoms with Crippen molar-refractivity contribution in [2.45, 2.75) is 12.8 Å². The fraction of sp³-hybridized carbons (Fsp3) is 0.400. The molecule has 14 heavy (non-hydrogen) atoms. The van der Waals surface area contributed by atoms with Crippen molar-refractivity contribution in [2.24, 2.45) is 0 Å². The highest BCUT2D eigenvalue weighted by molar-refractivity contribution is 5.94. The van der Waals surface area contributed by atoms with Crippen LogP contribution in [-0.2, 0) is 0 Å². The summed E-state index contributed by atoms with van der Waals surface area (Å²) in [4.78, 5) is 16.8. The molecule has 1 aliphatic heterocycles. The van der Waals surface area contributed by atoms with E-state index in [0.717, 1.165) is 31.6 Å². The number of hydrogen-bond acceptors (Lipinski definition) is 3. The predicted octanol–water partition coefficient (Wildman–Crippen LogP) is 1.38. The molecule has 0 amide bonds. The number of carboxylic acid groups (broad SMARTS) is 1. The van der Waals surface area contributed by atoms with E-state index in [1.54, 1.807) is 12.3 Å². The van der Waals surface area contributed by atoms with E-state index < -0.39 is 5.97 Å². The molecule has 1 aliphatic rings. The van der Waals surface area contributed by atoms with E-state index in [1.165, 1.54) is 6.20 Å². The van der Waals surface area contributed by atoms with Gasteiger partial charge in [-0.05, 0) is 18.9 Å². The van der Waals surface area contributed by atoms with Crippen LogP contribution in [0, 0.1) is 0 Å². The molecule has 0 aromatic carbocycles. The van der Waals surface area contributed by atoms with Gasteiger partial charge in [0.15, 0.2) is 0 Å². The second-order valence-corrected chi connectivity index (χ2v) is 3.39. The number of carbonyl (C=O) groups is 1. The number of carboxylic acids is 1. The van der Waals surface area contributed by atoms with Crippen molar-refractivity contribution in [3.8, 4) is 0 Å². The Kier molecular flexibility index (Phi) is 2.35. The highest BCUT2D eigenvalue weighted by Crippen LogP contribution is 2.23. The third kappa shape index (κ3) is 1.55. The average Bonchev–Trinajstić information content (AvgIpc) is 2.70. The third-order valence-electron chi connectivity index (χ3n) is 2.48. The summed E-state index contributed by atoms with van der Waals surface area (Å²) in [5, 5.41) is 8.96. The first-order chi connectivity index (χ1) is 6.79. The predicted molar refractivity (Wildman–Crippen MR) is 52.6 cm³/mol. The third-order valence-corrected chi connectivity index (χ3v) is 2.48. The summed E-state index contributed by atoms with van der Waals surface area (Å²) in [6, 6.07) is 1.77. The van der Waals surface area contributed by atoms with Crippen molar-refractivity contribution in [3.05, 3.63) is 24.0 Å². The maximum absolute atomic E-state index is 10.9. The van der Waals surface area contributed by atoms with Crippen molar-refractivity contribution in [1.29, 1.82) is 0 Å². The van der Waals surface area contributed by atoms with Crippen LogP contribution in [0.15, 0.2) is 18.5 Å². The number of aromatic carboxylic acids is 1. The summed E-state index contributed by atoms with van der Waals surface area (Å²) < 4.78 is 0. The Labute approximate surface area is 82.2 Å². The van der Waals surface area contributed by atoms with Gasteiger partial charge in [-0.1, -0.05) is 0 Å². The molecule has 0 radical (unpaired) electrons. The molecular formula is C10H12N2O2. The van der Waals surface area contributed by atoms with E-state index in [4.69, 9.17) is 5.11 Å². The van der Waals surface area contributed by atoms with Gasteiger partial charge >= 0.3 is 5.97 Å². The molecular weight excluding hydrogens is 180 g/mol. The van der Waals surface area contributed by atoms with E-state index in [2.05, 4.69) is 9.88 Å². The topological polar surface area (TPSA) is 53.4 Å². The molecule has 0 saturated carbocycles. The highest BCUT2D eigenvalue weighted by Gasteiger charge is 2.18. The average molecular weight is 192 g/mol. The normalized spacial score (nSPS) is 15.9. The van der Waals surface area contributed by atoms with Gasteiger partial charge in [0.2, 0.25) is 0 Å². The maximum atomic E-state index is 10.9. The number of anilines is 1. The Hall–Kier alpha value is -1.58. The van der Waals surface area contributed by atoms with Gasteiger partial charge in [-0.3, -0.25) is 4.98 Å². The van der Waals surface area contributed by atoms with Crippen LogP contribution in [0.25, 0.3) is 0 Å². The van der Waals surface area contributed by atoms with Crippen LogP contribution in [-0.4, -0.2) is 29.1 Å². The first-order valence-corrected chi connectivity index (χ1v) is 4.71. The Balaban J connectivity index is 2.35. The molecule has 0 aliphatic carbocycles. The SMILES string of the molecule is O=C(O)c1cnccc1N1CCCC1. The quantitative estimate of drug-likeness (QED) is 0.769. The fourth-order valence-corrected chi connectivity index (χ4v) is 1.79. The Bertz CT molecular complexity index is 346. The summed E-state index contributed by atoms with van der Waals surface area (Å²) in [6.45, 7) is 1.90. The molecule has 1 N–H and O–H groups in total. The Morgan fingerprint density at radius 3 is 2.79 bits per heavy atom. The maximum Gasteiger partial charge on any atom is 0.339 e. The zero-order valence-electron chi connectivity index (χ0n) is 7.81. The van der Waals surface area contributed by atoms with Crippen LogP contribution >= 0.6 is 0 Å². The van der Waals surface area contributed by atoms with E-state index in [0.29, 0.717) is 5.56 Å². The number of aromatic nitrogens is 1. The van der Waals surface area contributed by atoms with Crippen LogP contribution in [0.2, 0.25) is 0 Å². The van der Waals surface area contributed by atoms with Gasteiger partial charge in [0.05, 0.1) is 5.69 Å². The van der Waals surface area contributed by atoms with Crippen LogP contribution < -0.4 is 4.90 Å². The van der Waals surface area contributed by atoms with Crippen LogP contribution in [0.1, 0.15) is 23.2 Å². The van der Waals surface area contributed by atoms with Gasteiger partial charge in [-0.2, -0.15) is 0 Å². The van der Waals surface area contributed by atoms with Crippen molar-refractivity contribution < 1.29 is 9.90 Å². The second kappa shape index (κ2) is 3.65. The molecule has 1 aromatic heterocycles. The fourth-order valence-electron chi connectivity index (χ4n) is 1.79. The van der Waals surface area contributed by atoms with Crippen molar-refractivity contribution in [2.75, 3.05) is 18.0 Å². The summed E-state index contributed by atoms with van der Waals surface area (Å²) in [5.41, 5.74) is 1.10. The van der Waals surface area contributed by atoms with Gasteiger partial charge in [0.1, 0.15) is 5.56 Å². The van der Waals surface area contributed by atoms with Gasteiger partial charge in [0.25, 0.3) is 0 Å². The lowest BCUT2D eigenvalue weighted by molar-refractivity contribution is 0.0697. The summed E-state index contributed by atoms with van der Waals surface area (Å²) >= 11 is 0. The molecule has 1 fully saturated rings. The minimum absolute atomic E-state index is 0.300. The summed E-state index contributed by atoms with van der Waals surface area (Å²) in [6.07, 6.45) is 5.33. The first kappa shape index (κ1) is 8.99. The van der Waals surface area contributed by atoms with Crippen molar-refractivity contribution in [3.63, 3.8) is 0 Å². The van der Waals surface area contributed by atoms with Gasteiger partial charge < -0.3 is 10.0 Å². The van der Waals surface area contributed by atoms with Crippen LogP contribution in [0.4, 0.5) is 5.69 Å². The second-order valence-electron chi connectivity index (χ2n) is 3.39. The number of nitrogens with zero attached hydrogens (tertiary/aromatic N) is 2. The smallest absolute Gasteiger partial charge is 0.339 e. The van der Waals surface area contributed by atoms with Gasteiger partial charge in [-0.25, -0.2) is 4.79 Å². The van der Waals surface area contributed by atoms with E-state index in [-0.39, 0.29) is 0 Å². The monoisotopic (exact) mass is 192 g/mol. The molecule has 74 valence electrons. The summed E-state index contributed by atoms with van der Waals surface area (Å²) in [7, 11) is 0. The van der Waals surface area contributed by atoms with Crippen LogP contribution in [0.5, 0.6) is 0 Å². The number of hydrogen-bond donors (Lipinski definition) is 1. The lowest BCUT2D eigenvalue weighted by atomic mass is 10.2. The molecule has 1 aromatic rings. The standard InChI is InChI=1S/C10H12N2O2/c13-10(14)8-7-11-4-3-9(8)12-5-1-2-6-12/h3-4,7H,1-2,5-6H2,(H,13,14). The largest absolute Gasteiger partial charge is 0.478 e. The minimum atomic E-state index is -0.903. The Morgan fingerprint density at radius 1 is 1.43 bits per heavy atom. The van der Waals surface area contributed by atoms with Gasteiger partial charge in [0, 0.05) is 25.5 Å². The molecule has 4 nitrogen and oxygen atoms in total. The zero-order chi connectivity index (χ0) is 9.97. The Morgan fingerprint density at radius 2 is 2.14 bits per heavy atom. The number of rotatable bonds is 2. The van der Waals surface area contributed by atoms with Crippen molar-refractivity contribution in [1.82, 2.24) is 4.98 Å². The number of pyridine rings is 1. The minimum Gasteiger partial charge on any atom is -0.478 e.